The van der Waals surface area contributed by atoms with Crippen LogP contribution in [0.15, 0.2) is 12.1 Å². The maximum atomic E-state index is 13.5. The average molecular weight is 278 g/mol. The van der Waals surface area contributed by atoms with Crippen molar-refractivity contribution < 1.29 is 4.39 Å². The number of hydrogen-bond donors (Lipinski definition) is 1. The summed E-state index contributed by atoms with van der Waals surface area (Å²) in [7, 11) is 0. The van der Waals surface area contributed by atoms with Crippen LogP contribution in [-0.4, -0.2) is 0 Å². The van der Waals surface area contributed by atoms with Crippen LogP contribution in [0.2, 0.25) is 10.0 Å². The molecule has 17 heavy (non-hydrogen) atoms. The third-order valence-corrected chi connectivity index (χ3v) is 3.70. The van der Waals surface area contributed by atoms with E-state index < -0.39 is 11.4 Å². The molecule has 4 heteroatoms. The van der Waals surface area contributed by atoms with Crippen molar-refractivity contribution in [1.29, 1.82) is 0 Å². The molecule has 0 aromatic heterocycles. The van der Waals surface area contributed by atoms with Crippen LogP contribution >= 0.6 is 23.2 Å². The molecular weight excluding hydrogens is 260 g/mol. The molecule has 0 saturated carbocycles. The van der Waals surface area contributed by atoms with Crippen LogP contribution in [0.3, 0.4) is 0 Å². The summed E-state index contributed by atoms with van der Waals surface area (Å²) in [6.45, 7) is 6.09. The highest BCUT2D eigenvalue weighted by Crippen LogP contribution is 2.34. The highest BCUT2D eigenvalue weighted by atomic mass is 35.5. The van der Waals surface area contributed by atoms with Gasteiger partial charge >= 0.3 is 0 Å². The lowest BCUT2D eigenvalue weighted by Gasteiger charge is -2.29. The van der Waals surface area contributed by atoms with E-state index in [1.165, 1.54) is 12.1 Å². The quantitative estimate of drug-likeness (QED) is 0.791. The molecule has 0 aliphatic carbocycles. The molecule has 96 valence electrons. The molecule has 0 saturated heterocycles. The molecule has 1 aromatic rings. The zero-order chi connectivity index (χ0) is 13.2. The van der Waals surface area contributed by atoms with Crippen molar-refractivity contribution in [3.05, 3.63) is 33.6 Å². The SMILES string of the molecule is CCC(C)CC(C)(N)c1cc(F)c(Cl)cc1Cl. The summed E-state index contributed by atoms with van der Waals surface area (Å²) in [4.78, 5) is 0. The number of hydrogen-bond acceptors (Lipinski definition) is 1. The number of nitrogens with two attached hydrogens (primary N) is 1. The molecule has 2 atom stereocenters. The summed E-state index contributed by atoms with van der Waals surface area (Å²) in [5.41, 5.74) is 6.21. The Kier molecular flexibility index (Phi) is 4.82. The molecule has 2 unspecified atom stereocenters. The first kappa shape index (κ1) is 14.7. The van der Waals surface area contributed by atoms with E-state index in [2.05, 4.69) is 13.8 Å². The number of benzene rings is 1. The van der Waals surface area contributed by atoms with E-state index in [1.54, 1.807) is 0 Å². The second kappa shape index (κ2) is 5.55. The van der Waals surface area contributed by atoms with Crippen LogP contribution in [0.5, 0.6) is 0 Å². The van der Waals surface area contributed by atoms with E-state index in [-0.39, 0.29) is 5.02 Å². The van der Waals surface area contributed by atoms with E-state index >= 15 is 0 Å². The lowest BCUT2D eigenvalue weighted by atomic mass is 9.83. The fourth-order valence-corrected chi connectivity index (χ4v) is 2.54. The zero-order valence-corrected chi connectivity index (χ0v) is 11.9. The van der Waals surface area contributed by atoms with Gasteiger partial charge in [0, 0.05) is 10.6 Å². The van der Waals surface area contributed by atoms with Crippen LogP contribution in [0.4, 0.5) is 4.39 Å². The predicted molar refractivity (Wildman–Crippen MR) is 72.0 cm³/mol. The molecule has 0 aliphatic rings. The van der Waals surface area contributed by atoms with Gasteiger partial charge in [-0.2, -0.15) is 0 Å². The Morgan fingerprint density at radius 3 is 2.47 bits per heavy atom. The first-order chi connectivity index (χ1) is 7.77. The predicted octanol–water partition coefficient (Wildman–Crippen LogP) is 4.74. The molecule has 1 nitrogen and oxygen atoms in total. The van der Waals surface area contributed by atoms with Crippen LogP contribution in [-0.2, 0) is 5.54 Å². The summed E-state index contributed by atoms with van der Waals surface area (Å²) >= 11 is 11.8. The van der Waals surface area contributed by atoms with Gasteiger partial charge in [-0.05, 0) is 37.0 Å². The second-order valence-electron chi connectivity index (χ2n) is 4.88. The van der Waals surface area contributed by atoms with Crippen molar-refractivity contribution in [2.75, 3.05) is 0 Å². The molecular formula is C13H18Cl2FN. The Morgan fingerprint density at radius 1 is 1.35 bits per heavy atom. The summed E-state index contributed by atoms with van der Waals surface area (Å²) in [6, 6.07) is 2.75. The summed E-state index contributed by atoms with van der Waals surface area (Å²) in [6.07, 6.45) is 1.78. The topological polar surface area (TPSA) is 26.0 Å². The van der Waals surface area contributed by atoms with Gasteiger partial charge in [0.2, 0.25) is 0 Å². The minimum Gasteiger partial charge on any atom is -0.322 e. The van der Waals surface area contributed by atoms with Gasteiger partial charge in [-0.25, -0.2) is 4.39 Å². The maximum Gasteiger partial charge on any atom is 0.142 e. The van der Waals surface area contributed by atoms with E-state index in [9.17, 15) is 4.39 Å². The first-order valence-corrected chi connectivity index (χ1v) is 6.47. The lowest BCUT2D eigenvalue weighted by Crippen LogP contribution is -2.35. The Labute approximate surface area is 112 Å². The normalized spacial score (nSPS) is 16.6. The van der Waals surface area contributed by atoms with Gasteiger partial charge < -0.3 is 5.73 Å². The summed E-state index contributed by atoms with van der Waals surface area (Å²) < 4.78 is 13.5. The number of halogens is 3. The lowest BCUT2D eigenvalue weighted by molar-refractivity contribution is 0.355. The van der Waals surface area contributed by atoms with Gasteiger partial charge in [0.15, 0.2) is 0 Å². The largest absolute Gasteiger partial charge is 0.322 e. The third-order valence-electron chi connectivity index (χ3n) is 3.09. The van der Waals surface area contributed by atoms with Crippen molar-refractivity contribution in [3.63, 3.8) is 0 Å². The van der Waals surface area contributed by atoms with E-state index in [0.717, 1.165) is 12.8 Å². The first-order valence-electron chi connectivity index (χ1n) is 5.71. The molecule has 1 rings (SSSR count). The molecule has 2 N–H and O–H groups in total. The molecule has 0 amide bonds. The molecule has 0 fully saturated rings. The average Bonchev–Trinajstić information content (AvgIpc) is 2.22. The third kappa shape index (κ3) is 3.57. The van der Waals surface area contributed by atoms with Crippen molar-refractivity contribution in [2.45, 2.75) is 39.2 Å². The van der Waals surface area contributed by atoms with Crippen LogP contribution in [0.1, 0.15) is 39.2 Å². The smallest absolute Gasteiger partial charge is 0.142 e. The van der Waals surface area contributed by atoms with Crippen LogP contribution in [0, 0.1) is 11.7 Å². The zero-order valence-electron chi connectivity index (χ0n) is 10.4. The Hall–Kier alpha value is -0.310. The van der Waals surface area contributed by atoms with Crippen LogP contribution in [0.25, 0.3) is 0 Å². The number of rotatable bonds is 4. The summed E-state index contributed by atoms with van der Waals surface area (Å²) in [5.74, 6) is -0.0216. The minimum atomic E-state index is -0.641. The van der Waals surface area contributed by atoms with Gasteiger partial charge in [0.1, 0.15) is 5.82 Å². The summed E-state index contributed by atoms with van der Waals surface area (Å²) in [5, 5.41) is 0.447. The van der Waals surface area contributed by atoms with E-state index in [4.69, 9.17) is 28.9 Å². The maximum absolute atomic E-state index is 13.5. The monoisotopic (exact) mass is 277 g/mol. The fraction of sp³-hybridized carbons (Fsp3) is 0.538. The van der Waals surface area contributed by atoms with Gasteiger partial charge in [0.05, 0.1) is 5.02 Å². The molecule has 1 aromatic carbocycles. The highest BCUT2D eigenvalue weighted by Gasteiger charge is 2.27. The van der Waals surface area contributed by atoms with Crippen molar-refractivity contribution in [1.82, 2.24) is 0 Å². The van der Waals surface area contributed by atoms with Gasteiger partial charge in [0.25, 0.3) is 0 Å². The van der Waals surface area contributed by atoms with Crippen molar-refractivity contribution in [2.24, 2.45) is 11.7 Å². The molecule has 0 heterocycles. The molecule has 0 radical (unpaired) electrons. The standard InChI is InChI=1S/C13H18Cl2FN/c1-4-8(2)7-13(3,17)9-5-12(16)11(15)6-10(9)14/h5-6,8H,4,7,17H2,1-3H3. The Bertz CT molecular complexity index is 405. The van der Waals surface area contributed by atoms with Gasteiger partial charge in [-0.15, -0.1) is 0 Å². The van der Waals surface area contributed by atoms with Crippen molar-refractivity contribution in [3.8, 4) is 0 Å². The molecule has 0 bridgehead atoms. The fourth-order valence-electron chi connectivity index (χ4n) is 1.94. The van der Waals surface area contributed by atoms with E-state index in [0.29, 0.717) is 16.5 Å². The van der Waals surface area contributed by atoms with Crippen LogP contribution < -0.4 is 5.73 Å². The van der Waals surface area contributed by atoms with Gasteiger partial charge in [-0.3, -0.25) is 0 Å². The molecule has 0 aliphatic heterocycles. The van der Waals surface area contributed by atoms with Gasteiger partial charge in [-0.1, -0.05) is 43.5 Å². The minimum absolute atomic E-state index is 0.0260. The Morgan fingerprint density at radius 2 is 1.94 bits per heavy atom. The van der Waals surface area contributed by atoms with Crippen molar-refractivity contribution >= 4 is 23.2 Å². The molecule has 0 spiro atoms. The Balaban J connectivity index is 3.10. The second-order valence-corrected chi connectivity index (χ2v) is 5.70. The highest BCUT2D eigenvalue weighted by molar-refractivity contribution is 6.35. The van der Waals surface area contributed by atoms with E-state index in [1.807, 2.05) is 6.92 Å².